The first kappa shape index (κ1) is 117. The molecule has 15 N–H and O–H groups in total. The highest BCUT2D eigenvalue weighted by molar-refractivity contribution is 6.67. The maximum Gasteiger partial charge on any atom is 0.326 e. The number of carboxylic acid groups (broad SMARTS) is 6. The van der Waals surface area contributed by atoms with E-state index >= 15 is 0 Å². The van der Waals surface area contributed by atoms with Crippen LogP contribution in [-0.2, 0) is 76.4 Å². The molecule has 10 rings (SSSR count). The molecule has 7 atom stereocenters. The predicted octanol–water partition coefficient (Wildman–Crippen LogP) is 8.66. The Bertz CT molecular complexity index is 4670. The van der Waals surface area contributed by atoms with Gasteiger partial charge in [-0.1, -0.05) is 12.1 Å². The second-order valence-corrected chi connectivity index (χ2v) is 30.0. The van der Waals surface area contributed by atoms with Crippen LogP contribution < -0.4 is 38.1 Å². The topological polar surface area (TPSA) is 559 Å². The Labute approximate surface area is 777 Å². The highest BCUT2D eigenvalue weighted by atomic mass is 35.5. The highest BCUT2D eigenvalue weighted by Gasteiger charge is 2.35. The van der Waals surface area contributed by atoms with E-state index in [0.29, 0.717) is 89.4 Å². The molecule has 1 saturated carbocycles. The van der Waals surface area contributed by atoms with Crippen molar-refractivity contribution in [2.24, 2.45) is 11.5 Å². The monoisotopic (exact) mass is 1930 g/mol. The number of hydrogen-bond acceptors (Lipinski definition) is 24. The molecule has 6 amide bonds. The van der Waals surface area contributed by atoms with E-state index in [2.05, 4.69) is 47.7 Å². The number of ether oxygens (including phenoxy) is 5. The lowest BCUT2D eigenvalue weighted by Crippen LogP contribution is -2.51. The third-order valence-electron chi connectivity index (χ3n) is 18.7. The summed E-state index contributed by atoms with van der Waals surface area (Å²) < 4.78 is 101. The number of esters is 2. The number of amides is 6. The summed E-state index contributed by atoms with van der Waals surface area (Å²) in [7, 11) is 2.54. The van der Waals surface area contributed by atoms with Crippen molar-refractivity contribution in [1.29, 1.82) is 0 Å². The maximum atomic E-state index is 13.0. The lowest BCUT2D eigenvalue weighted by Gasteiger charge is -2.30. The van der Waals surface area contributed by atoms with Crippen molar-refractivity contribution in [2.75, 3.05) is 93.1 Å². The van der Waals surface area contributed by atoms with Crippen LogP contribution in [0.5, 0.6) is 0 Å². The molecule has 0 radical (unpaired) electrons. The van der Waals surface area contributed by atoms with Crippen LogP contribution in [0.15, 0.2) is 146 Å². The quantitative estimate of drug-likeness (QED) is 0.0100. The van der Waals surface area contributed by atoms with Crippen molar-refractivity contribution in [3.05, 3.63) is 214 Å². The Hall–Kier alpha value is -12.8. The molecule has 3 heterocycles. The van der Waals surface area contributed by atoms with Gasteiger partial charge in [-0.15, -0.1) is 0 Å². The molecule has 734 valence electrons. The first-order chi connectivity index (χ1) is 63.5. The van der Waals surface area contributed by atoms with Crippen molar-refractivity contribution < 1.29 is 157 Å². The molecular weight excluding hydrogens is 1820 g/mol. The van der Waals surface area contributed by atoms with Crippen LogP contribution in [0.4, 0.5) is 26.3 Å². The van der Waals surface area contributed by atoms with Crippen LogP contribution in [0.2, 0.25) is 0 Å². The van der Waals surface area contributed by atoms with Gasteiger partial charge in [0.25, 0.3) is 28.9 Å². The minimum atomic E-state index is -1.24. The molecule has 0 bridgehead atoms. The number of nitrogens with zero attached hydrogens (tertiary/aromatic N) is 2. The van der Waals surface area contributed by atoms with Gasteiger partial charge in [0, 0.05) is 118 Å². The van der Waals surface area contributed by atoms with Gasteiger partial charge in [-0.3, -0.25) is 67.1 Å². The summed E-state index contributed by atoms with van der Waals surface area (Å²) in [5, 5.41) is 63.9. The molecule has 4 fully saturated rings. The Morgan fingerprint density at radius 2 is 0.642 bits per heavy atom. The number of carbonyl (C=O) groups is 16. The molecule has 3 saturated heterocycles. The SMILES string of the molecule is C1COCCN1.CC(=O)Cl.COC(=O)CCC[C@H](NC(=O)c1ccc(F)cc1)C(=O)N1CCOCC1.COC(=O)CCC[C@H](NC(=O)c1ccc(F)cc1)C(=O)O.N[C@@H](CCCC(=O)O)C(=O)O.N[C@@H]1C[C@H]1c1ccc(F)cc1.O=C(Cl)c1ccc(F)cc1.O=C(O)CCC[C@H](NC(=O)c1ccc(F)cc1)C(=O)N1CCOCC1.O=C(O)CCC[C@H](NC(=O)c1ccc(F)cc1)C(=O)O. The van der Waals surface area contributed by atoms with Crippen molar-refractivity contribution in [3.8, 4) is 0 Å². The first-order valence-corrected chi connectivity index (χ1v) is 42.4. The number of benzene rings is 6. The number of nitrogens with two attached hydrogens (primary N) is 2. The molecule has 6 aromatic rings. The van der Waals surface area contributed by atoms with E-state index in [1.165, 1.54) is 124 Å². The van der Waals surface area contributed by atoms with E-state index in [9.17, 15) is 103 Å². The van der Waals surface area contributed by atoms with Gasteiger partial charge in [0.1, 0.15) is 65.1 Å². The fraction of sp³-hybridized carbons (Fsp3) is 0.422. The molecule has 4 aliphatic rings. The summed E-state index contributed by atoms with van der Waals surface area (Å²) in [5.41, 5.74) is 13.0. The van der Waals surface area contributed by atoms with E-state index < -0.39 is 124 Å². The molecule has 134 heavy (non-hydrogen) atoms. The van der Waals surface area contributed by atoms with E-state index in [1.54, 1.807) is 9.80 Å². The molecule has 0 spiro atoms. The van der Waals surface area contributed by atoms with Crippen molar-refractivity contribution in [3.63, 3.8) is 0 Å². The predicted molar refractivity (Wildman–Crippen MR) is 471 cm³/mol. The Balaban J connectivity index is 0.000000531. The summed E-state index contributed by atoms with van der Waals surface area (Å²) in [5.74, 6) is -11.9. The largest absolute Gasteiger partial charge is 0.481 e. The average Bonchev–Trinajstić information content (AvgIpc) is 1.66. The zero-order valence-corrected chi connectivity index (χ0v) is 75.0. The molecular formula is C90H111Cl2F6N9O27. The van der Waals surface area contributed by atoms with Crippen LogP contribution in [0, 0.1) is 34.9 Å². The number of rotatable bonds is 35. The fourth-order valence-electron chi connectivity index (χ4n) is 11.4. The third-order valence-corrected chi connectivity index (χ3v) is 19.0. The summed E-state index contributed by atoms with van der Waals surface area (Å²) in [4.78, 5) is 182. The first-order valence-electron chi connectivity index (χ1n) is 41.7. The summed E-state index contributed by atoms with van der Waals surface area (Å²) in [6.45, 7) is 8.67. The van der Waals surface area contributed by atoms with Gasteiger partial charge in [-0.25, -0.2) is 35.9 Å². The van der Waals surface area contributed by atoms with E-state index in [0.717, 1.165) is 69.1 Å². The number of aliphatic carboxylic acids is 6. The van der Waals surface area contributed by atoms with Gasteiger partial charge in [-0.2, -0.15) is 0 Å². The average molecular weight is 1940 g/mol. The Morgan fingerprint density at radius 1 is 0.396 bits per heavy atom. The van der Waals surface area contributed by atoms with Crippen LogP contribution >= 0.6 is 23.2 Å². The number of methoxy groups -OCH3 is 2. The number of nitrogens with one attached hydrogen (secondary N) is 5. The van der Waals surface area contributed by atoms with Crippen molar-refractivity contribution >= 4 is 117 Å². The zero-order valence-electron chi connectivity index (χ0n) is 73.5. The maximum absolute atomic E-state index is 13.0. The second-order valence-electron chi connectivity index (χ2n) is 29.1. The van der Waals surface area contributed by atoms with Crippen LogP contribution in [-0.4, -0.2) is 264 Å². The lowest BCUT2D eigenvalue weighted by atomic mass is 10.1. The molecule has 44 heteroatoms. The summed E-state index contributed by atoms with van der Waals surface area (Å²) in [6.07, 6.45) is 3.22. The van der Waals surface area contributed by atoms with Gasteiger partial charge in [0.2, 0.25) is 17.1 Å². The zero-order chi connectivity index (χ0) is 100. The summed E-state index contributed by atoms with van der Waals surface area (Å²) >= 11 is 9.73. The van der Waals surface area contributed by atoms with E-state index in [1.807, 2.05) is 12.1 Å². The number of carbonyl (C=O) groups excluding carboxylic acids is 10. The molecule has 1 aliphatic carbocycles. The second kappa shape index (κ2) is 66.5. The standard InChI is InChI=1S/C18H23FN2O5.C17H21FN2O5.C14H16FNO5.C13H14FNO5.C9H10FN.C7H4ClFO.C6H11NO4.C4H9NO.C2H3ClO/c1-25-16(22)4-2-3-15(18(24)21-9-11-26-12-10-21)20-17(23)13-5-7-14(19)8-6-13;18-13-6-4-12(5-7-13)16(23)19-14(2-1-3-15(21)22)17(24)20-8-10-25-11-9-20;1-21-12(17)4-2-3-11(14(19)20)16-13(18)9-5-7-10(15)8-6-9;14-9-6-4-8(5-7-9)12(18)15-10(13(19)20)2-1-3-11(16)17;10-7-3-1-6(2-4-7)8-5-9(8)11;8-7(10)5-1-3-6(9)4-2-5;7-4(6(10)11)2-1-3-5(8)9;1-3-6-4-2-5-1;1-2(3)4/h5-8,15H,2-4,9-12H2,1H3,(H,20,23);4-7,14H,1-3,8-11H2,(H,19,23)(H,21,22);5-8,11H,2-4H2,1H3,(H,16,18)(H,19,20);4-7,10H,1-3H2,(H,15,18)(H,16,17)(H,19,20);1-4,8-9H,5,11H2;1-4H;4H,1-3,7H2,(H,8,9)(H,10,11);5H,1-4H2;1H3/t15-;14-;11-;10-;8-,9+;;4-;;/m00000.0../s1. The van der Waals surface area contributed by atoms with E-state index in [4.69, 9.17) is 67.9 Å². The Morgan fingerprint density at radius 3 is 0.873 bits per heavy atom. The minimum absolute atomic E-state index is 0.00850. The smallest absolute Gasteiger partial charge is 0.326 e. The van der Waals surface area contributed by atoms with Gasteiger partial charge in [0.05, 0.1) is 53.9 Å². The van der Waals surface area contributed by atoms with E-state index in [-0.39, 0.29) is 134 Å². The van der Waals surface area contributed by atoms with Gasteiger partial charge >= 0.3 is 47.8 Å². The van der Waals surface area contributed by atoms with Crippen LogP contribution in [0.3, 0.4) is 0 Å². The Kier molecular flexibility index (Phi) is 58.2. The third kappa shape index (κ3) is 53.0. The summed E-state index contributed by atoms with van der Waals surface area (Å²) in [6, 6.07) is 26.6. The molecule has 0 unspecified atom stereocenters. The van der Waals surface area contributed by atoms with Crippen molar-refractivity contribution in [1.82, 2.24) is 36.4 Å². The van der Waals surface area contributed by atoms with Crippen LogP contribution in [0.25, 0.3) is 0 Å². The fourth-order valence-corrected chi connectivity index (χ4v) is 11.6. The number of hydrogen-bond donors (Lipinski definition) is 13. The highest BCUT2D eigenvalue weighted by Crippen LogP contribution is 2.38. The molecule has 6 aromatic carbocycles. The van der Waals surface area contributed by atoms with Gasteiger partial charge < -0.3 is 102 Å². The molecule has 0 aromatic heterocycles. The minimum Gasteiger partial charge on any atom is -0.481 e. The van der Waals surface area contributed by atoms with Gasteiger partial charge in [-0.05, 0) is 233 Å². The molecule has 3 aliphatic heterocycles. The van der Waals surface area contributed by atoms with Crippen LogP contribution in [0.1, 0.15) is 173 Å². The molecule has 36 nitrogen and oxygen atoms in total. The van der Waals surface area contributed by atoms with Crippen molar-refractivity contribution in [2.45, 2.75) is 152 Å². The number of halogens is 8. The van der Waals surface area contributed by atoms with Gasteiger partial charge in [0.15, 0.2) is 0 Å². The number of morpholine rings is 3. The normalized spacial score (nSPS) is 14.7. The number of carboxylic acids is 6. The lowest BCUT2D eigenvalue weighted by molar-refractivity contribution is -0.142.